The van der Waals surface area contributed by atoms with Gasteiger partial charge < -0.3 is 15.5 Å². The summed E-state index contributed by atoms with van der Waals surface area (Å²) in [5.74, 6) is 1.11. The average Bonchev–Trinajstić information content (AvgIpc) is 3.27. The molecule has 1 fully saturated rings. The van der Waals surface area contributed by atoms with Crippen LogP contribution in [0.5, 0.6) is 0 Å². The lowest BCUT2D eigenvalue weighted by Crippen LogP contribution is -2.47. The highest BCUT2D eigenvalue weighted by Gasteiger charge is 2.16. The first kappa shape index (κ1) is 24.8. The molecule has 2 N–H and O–H groups in total. The molecule has 2 amide bonds. The zero-order chi connectivity index (χ0) is 23.6. The topological polar surface area (TPSA) is 73.4 Å². The fourth-order valence-corrected chi connectivity index (χ4v) is 6.20. The molecule has 0 unspecified atom stereocenters. The van der Waals surface area contributed by atoms with E-state index in [2.05, 4.69) is 44.5 Å². The van der Waals surface area contributed by atoms with E-state index >= 15 is 0 Å². The molecule has 7 nitrogen and oxygen atoms in total. The van der Waals surface area contributed by atoms with Crippen molar-refractivity contribution in [2.75, 3.05) is 55.2 Å². The number of anilines is 2. The number of nitrogens with zero attached hydrogens (tertiary/aromatic N) is 4. The zero-order valence-corrected chi connectivity index (χ0v) is 21.5. The summed E-state index contributed by atoms with van der Waals surface area (Å²) in [5.41, 5.74) is 3.05. The fraction of sp³-hybridized carbons (Fsp3) is 0.480. The Morgan fingerprint density at radius 3 is 2.71 bits per heavy atom. The number of amides is 2. The first-order valence-corrected chi connectivity index (χ1v) is 14.0. The predicted octanol–water partition coefficient (Wildman–Crippen LogP) is 5.31. The van der Waals surface area contributed by atoms with Crippen LogP contribution in [0.1, 0.15) is 32.6 Å². The van der Waals surface area contributed by atoms with E-state index in [9.17, 15) is 4.79 Å². The lowest BCUT2D eigenvalue weighted by atomic mass is 10.2. The first-order valence-electron chi connectivity index (χ1n) is 12.2. The second kappa shape index (κ2) is 12.9. The van der Waals surface area contributed by atoms with Gasteiger partial charge in [-0.15, -0.1) is 11.3 Å². The summed E-state index contributed by atoms with van der Waals surface area (Å²) < 4.78 is 2.22. The summed E-state index contributed by atoms with van der Waals surface area (Å²) in [7, 11) is 0. The molecule has 34 heavy (non-hydrogen) atoms. The highest BCUT2D eigenvalue weighted by Crippen LogP contribution is 2.31. The third kappa shape index (κ3) is 7.32. The second-order valence-electron chi connectivity index (χ2n) is 8.49. The number of carbonyl (C=O) groups excluding carboxylic acids is 1. The summed E-state index contributed by atoms with van der Waals surface area (Å²) in [6.07, 6.45) is 8.37. The van der Waals surface area contributed by atoms with Gasteiger partial charge in [-0.3, -0.25) is 9.88 Å². The van der Waals surface area contributed by atoms with E-state index in [1.807, 2.05) is 42.4 Å². The minimum atomic E-state index is -0.152. The maximum absolute atomic E-state index is 12.3. The Morgan fingerprint density at radius 1 is 1.09 bits per heavy atom. The molecule has 0 saturated carbocycles. The molecule has 1 aromatic carbocycles. The molecule has 1 aliphatic heterocycles. The van der Waals surface area contributed by atoms with Crippen molar-refractivity contribution in [3.05, 3.63) is 42.7 Å². The minimum Gasteiger partial charge on any atom is -0.369 e. The molecule has 0 atom stereocenters. The van der Waals surface area contributed by atoms with Crippen LogP contribution < -0.4 is 15.5 Å². The van der Waals surface area contributed by atoms with Gasteiger partial charge in [0.25, 0.3) is 0 Å². The predicted molar refractivity (Wildman–Crippen MR) is 144 cm³/mol. The summed E-state index contributed by atoms with van der Waals surface area (Å²) >= 11 is 3.53. The van der Waals surface area contributed by atoms with Crippen molar-refractivity contribution in [2.24, 2.45) is 0 Å². The van der Waals surface area contributed by atoms with Gasteiger partial charge in [0.05, 0.1) is 10.2 Å². The van der Waals surface area contributed by atoms with Crippen molar-refractivity contribution in [2.45, 2.75) is 36.9 Å². The highest BCUT2D eigenvalue weighted by molar-refractivity contribution is 8.01. The van der Waals surface area contributed by atoms with Crippen molar-refractivity contribution in [1.29, 1.82) is 0 Å². The molecule has 2 aromatic heterocycles. The minimum absolute atomic E-state index is 0.152. The van der Waals surface area contributed by atoms with Gasteiger partial charge in [-0.2, -0.15) is 0 Å². The Morgan fingerprint density at radius 2 is 1.91 bits per heavy atom. The van der Waals surface area contributed by atoms with Crippen molar-refractivity contribution < 1.29 is 4.79 Å². The van der Waals surface area contributed by atoms with E-state index in [0.717, 1.165) is 65.1 Å². The van der Waals surface area contributed by atoms with Crippen LogP contribution in [0.25, 0.3) is 10.2 Å². The maximum Gasteiger partial charge on any atom is 0.319 e. The molecule has 1 saturated heterocycles. The van der Waals surface area contributed by atoms with E-state index < -0.39 is 0 Å². The van der Waals surface area contributed by atoms with Gasteiger partial charge in [-0.1, -0.05) is 31.5 Å². The van der Waals surface area contributed by atoms with E-state index in [0.29, 0.717) is 6.54 Å². The van der Waals surface area contributed by atoms with Gasteiger partial charge in [0.15, 0.2) is 4.34 Å². The molecule has 0 bridgehead atoms. The fourth-order valence-electron chi connectivity index (χ4n) is 4.02. The van der Waals surface area contributed by atoms with Crippen molar-refractivity contribution >= 4 is 50.7 Å². The molecule has 4 rings (SSSR count). The average molecular weight is 499 g/mol. The van der Waals surface area contributed by atoms with Crippen LogP contribution >= 0.6 is 23.1 Å². The van der Waals surface area contributed by atoms with E-state index in [-0.39, 0.29) is 6.03 Å². The van der Waals surface area contributed by atoms with Crippen LogP contribution in [-0.4, -0.2) is 65.9 Å². The third-order valence-electron chi connectivity index (χ3n) is 5.94. The Bertz CT molecular complexity index is 1040. The maximum atomic E-state index is 12.3. The molecule has 1 aliphatic rings. The normalized spacial score (nSPS) is 14.4. The monoisotopic (exact) mass is 498 g/mol. The van der Waals surface area contributed by atoms with E-state index in [1.165, 1.54) is 24.9 Å². The number of carbonyl (C=O) groups is 1. The summed E-state index contributed by atoms with van der Waals surface area (Å²) in [6.45, 7) is 8.02. The largest absolute Gasteiger partial charge is 0.369 e. The molecule has 3 aromatic rings. The van der Waals surface area contributed by atoms with Crippen molar-refractivity contribution in [3.8, 4) is 0 Å². The molecular formula is C25H34N6OS2. The molecule has 0 aliphatic carbocycles. The summed E-state index contributed by atoms with van der Waals surface area (Å²) in [5, 5.41) is 5.95. The Kier molecular flexibility index (Phi) is 9.41. The number of fused-ring (bicyclic) bond motifs is 1. The van der Waals surface area contributed by atoms with Crippen LogP contribution in [0, 0.1) is 0 Å². The van der Waals surface area contributed by atoms with Crippen LogP contribution in [-0.2, 0) is 0 Å². The van der Waals surface area contributed by atoms with Crippen LogP contribution in [0.4, 0.5) is 16.2 Å². The summed E-state index contributed by atoms with van der Waals surface area (Å²) in [4.78, 5) is 26.0. The Hall–Kier alpha value is -2.36. The van der Waals surface area contributed by atoms with Gasteiger partial charge in [0.2, 0.25) is 0 Å². The lowest BCUT2D eigenvalue weighted by Gasteiger charge is -2.36. The van der Waals surface area contributed by atoms with Gasteiger partial charge in [0, 0.05) is 62.2 Å². The molecule has 3 heterocycles. The summed E-state index contributed by atoms with van der Waals surface area (Å²) in [6, 6.07) is 9.92. The van der Waals surface area contributed by atoms with Crippen LogP contribution in [0.3, 0.4) is 0 Å². The Labute approximate surface area is 210 Å². The number of rotatable bonds is 11. The molecular weight excluding hydrogens is 464 g/mol. The number of hydrogen-bond acceptors (Lipinski definition) is 7. The molecule has 182 valence electrons. The molecule has 0 radical (unpaired) electrons. The van der Waals surface area contributed by atoms with E-state index in [4.69, 9.17) is 4.98 Å². The second-order valence-corrected chi connectivity index (χ2v) is 10.9. The van der Waals surface area contributed by atoms with Crippen molar-refractivity contribution in [1.82, 2.24) is 20.2 Å². The standard InChI is InChI=1S/C25H34N6OS2/c1-2-3-4-18-33-25-29-22-7-6-20(19-23(22)34-25)28-24(32)27-10-5-13-30-14-16-31(17-15-30)21-8-11-26-12-9-21/h6-9,11-12,19H,2-5,10,13-18H2,1H3,(H2,27,28,32). The number of hydrogen-bond donors (Lipinski definition) is 2. The van der Waals surface area contributed by atoms with Gasteiger partial charge in [0.1, 0.15) is 0 Å². The SMILES string of the molecule is CCCCCSc1nc2ccc(NC(=O)NCCCN3CCN(c4ccncc4)CC3)cc2s1. The molecule has 9 heteroatoms. The molecule has 0 spiro atoms. The number of thiazole rings is 1. The highest BCUT2D eigenvalue weighted by atomic mass is 32.2. The van der Waals surface area contributed by atoms with Crippen LogP contribution in [0.2, 0.25) is 0 Å². The van der Waals surface area contributed by atoms with E-state index in [1.54, 1.807) is 11.3 Å². The smallest absolute Gasteiger partial charge is 0.319 e. The zero-order valence-electron chi connectivity index (χ0n) is 19.8. The van der Waals surface area contributed by atoms with Gasteiger partial charge >= 0.3 is 6.03 Å². The number of benzene rings is 1. The number of piperazine rings is 1. The number of unbranched alkanes of at least 4 members (excludes halogenated alkanes) is 2. The first-order chi connectivity index (χ1) is 16.7. The number of thioether (sulfide) groups is 1. The van der Waals surface area contributed by atoms with Gasteiger partial charge in [-0.25, -0.2) is 9.78 Å². The number of aromatic nitrogens is 2. The lowest BCUT2D eigenvalue weighted by molar-refractivity contribution is 0.244. The van der Waals surface area contributed by atoms with Crippen LogP contribution in [0.15, 0.2) is 47.1 Å². The third-order valence-corrected chi connectivity index (χ3v) is 8.18. The number of nitrogens with one attached hydrogen (secondary N) is 2. The quantitative estimate of drug-likeness (QED) is 0.276. The van der Waals surface area contributed by atoms with Gasteiger partial charge in [-0.05, 0) is 49.7 Å². The number of pyridine rings is 1. The Balaban J connectivity index is 1.14. The van der Waals surface area contributed by atoms with Crippen molar-refractivity contribution in [3.63, 3.8) is 0 Å². The number of urea groups is 1.